The van der Waals surface area contributed by atoms with Crippen molar-refractivity contribution >= 4 is 11.8 Å². The van der Waals surface area contributed by atoms with Gasteiger partial charge in [0.05, 0.1) is 0 Å². The fraction of sp³-hybridized carbons (Fsp3) is 1.00. The van der Waals surface area contributed by atoms with Gasteiger partial charge in [-0.15, -0.1) is 0 Å². The molecular weight excluding hydrogens is 228 g/mol. The normalized spacial score (nSPS) is 34.1. The molecule has 3 heteroatoms. The van der Waals surface area contributed by atoms with E-state index < -0.39 is 0 Å². The minimum atomic E-state index is 0.574. The molecule has 1 heterocycles. The Morgan fingerprint density at radius 3 is 2.65 bits per heavy atom. The Bertz CT molecular complexity index is 238. The molecule has 1 saturated heterocycles. The van der Waals surface area contributed by atoms with Crippen molar-refractivity contribution in [3.8, 4) is 0 Å². The van der Waals surface area contributed by atoms with Crippen molar-refractivity contribution in [2.75, 3.05) is 32.4 Å². The topological polar surface area (TPSA) is 15.3 Å². The summed E-state index contributed by atoms with van der Waals surface area (Å²) in [7, 11) is 2.11. The van der Waals surface area contributed by atoms with Crippen LogP contribution in [-0.4, -0.2) is 48.6 Å². The molecule has 1 saturated carbocycles. The average Bonchev–Trinajstić information content (AvgIpc) is 2.74. The van der Waals surface area contributed by atoms with Crippen LogP contribution in [0, 0.1) is 5.41 Å². The fourth-order valence-electron chi connectivity index (χ4n) is 3.54. The van der Waals surface area contributed by atoms with Gasteiger partial charge in [0.1, 0.15) is 0 Å². The molecule has 2 aliphatic rings. The second-order valence-corrected chi connectivity index (χ2v) is 7.51. The largest absolute Gasteiger partial charge is 0.319 e. The average molecular weight is 256 g/mol. The highest BCUT2D eigenvalue weighted by Gasteiger charge is 2.37. The third-order valence-electron chi connectivity index (χ3n) is 4.77. The SMILES string of the molecule is CNCC1(CN2CCSC(C)C2C)CCCC1. The Labute approximate surface area is 111 Å². The fourth-order valence-corrected chi connectivity index (χ4v) is 4.70. The zero-order valence-electron chi connectivity index (χ0n) is 11.7. The lowest BCUT2D eigenvalue weighted by Gasteiger charge is -2.43. The van der Waals surface area contributed by atoms with Crippen LogP contribution in [0.4, 0.5) is 0 Å². The number of hydrogen-bond acceptors (Lipinski definition) is 3. The minimum Gasteiger partial charge on any atom is -0.319 e. The molecule has 0 aromatic heterocycles. The molecule has 1 aliphatic heterocycles. The van der Waals surface area contributed by atoms with Crippen LogP contribution >= 0.6 is 11.8 Å². The second-order valence-electron chi connectivity index (χ2n) is 6.02. The van der Waals surface area contributed by atoms with Gasteiger partial charge in [0.15, 0.2) is 0 Å². The highest BCUT2D eigenvalue weighted by molar-refractivity contribution is 8.00. The first kappa shape index (κ1) is 13.7. The predicted octanol–water partition coefficient (Wildman–Crippen LogP) is 2.59. The molecule has 100 valence electrons. The molecule has 1 aliphatic carbocycles. The van der Waals surface area contributed by atoms with Gasteiger partial charge in [-0.05, 0) is 32.2 Å². The van der Waals surface area contributed by atoms with Gasteiger partial charge in [-0.25, -0.2) is 0 Å². The summed E-state index contributed by atoms with van der Waals surface area (Å²) < 4.78 is 0. The van der Waals surface area contributed by atoms with E-state index in [0.717, 1.165) is 11.3 Å². The van der Waals surface area contributed by atoms with Crippen molar-refractivity contribution in [1.82, 2.24) is 10.2 Å². The molecule has 17 heavy (non-hydrogen) atoms. The van der Waals surface area contributed by atoms with E-state index in [0.29, 0.717) is 5.41 Å². The molecule has 0 radical (unpaired) electrons. The number of nitrogens with one attached hydrogen (secondary N) is 1. The monoisotopic (exact) mass is 256 g/mol. The van der Waals surface area contributed by atoms with E-state index in [1.165, 1.54) is 51.1 Å². The van der Waals surface area contributed by atoms with Gasteiger partial charge in [0.2, 0.25) is 0 Å². The van der Waals surface area contributed by atoms with E-state index in [4.69, 9.17) is 0 Å². The molecule has 1 N–H and O–H groups in total. The molecule has 2 atom stereocenters. The lowest BCUT2D eigenvalue weighted by Crippen LogP contribution is -2.51. The van der Waals surface area contributed by atoms with Gasteiger partial charge >= 0.3 is 0 Å². The number of hydrogen-bond donors (Lipinski definition) is 1. The van der Waals surface area contributed by atoms with Crippen molar-refractivity contribution in [3.63, 3.8) is 0 Å². The van der Waals surface area contributed by atoms with Gasteiger partial charge < -0.3 is 5.32 Å². The maximum Gasteiger partial charge on any atom is 0.0184 e. The van der Waals surface area contributed by atoms with Crippen LogP contribution in [0.25, 0.3) is 0 Å². The third-order valence-corrected chi connectivity index (χ3v) is 6.11. The Morgan fingerprint density at radius 2 is 2.00 bits per heavy atom. The Kier molecular flexibility index (Phi) is 4.79. The lowest BCUT2D eigenvalue weighted by molar-refractivity contribution is 0.119. The summed E-state index contributed by atoms with van der Waals surface area (Å²) in [4.78, 5) is 2.75. The van der Waals surface area contributed by atoms with Gasteiger partial charge in [-0.3, -0.25) is 4.90 Å². The second kappa shape index (κ2) is 5.94. The maximum atomic E-state index is 3.43. The zero-order chi connectivity index (χ0) is 12.3. The van der Waals surface area contributed by atoms with E-state index >= 15 is 0 Å². The van der Waals surface area contributed by atoms with Crippen molar-refractivity contribution in [2.24, 2.45) is 5.41 Å². The summed E-state index contributed by atoms with van der Waals surface area (Å²) in [5.41, 5.74) is 0.574. The van der Waals surface area contributed by atoms with Crippen LogP contribution in [0.1, 0.15) is 39.5 Å². The smallest absolute Gasteiger partial charge is 0.0184 e. The molecule has 0 spiro atoms. The van der Waals surface area contributed by atoms with Crippen molar-refractivity contribution in [3.05, 3.63) is 0 Å². The summed E-state index contributed by atoms with van der Waals surface area (Å²) in [6, 6.07) is 0.753. The molecule has 2 rings (SSSR count). The lowest BCUT2D eigenvalue weighted by atomic mass is 9.85. The van der Waals surface area contributed by atoms with Crippen LogP contribution in [0.2, 0.25) is 0 Å². The standard InChI is InChI=1S/C14H28N2S/c1-12-13(2)17-9-8-16(12)11-14(10-15-3)6-4-5-7-14/h12-13,15H,4-11H2,1-3H3. The van der Waals surface area contributed by atoms with Crippen LogP contribution < -0.4 is 5.32 Å². The molecule has 0 amide bonds. The quantitative estimate of drug-likeness (QED) is 0.832. The van der Waals surface area contributed by atoms with Gasteiger partial charge in [0, 0.05) is 36.7 Å². The van der Waals surface area contributed by atoms with Crippen LogP contribution in [0.3, 0.4) is 0 Å². The summed E-state index contributed by atoms with van der Waals surface area (Å²) >= 11 is 2.14. The van der Waals surface area contributed by atoms with E-state index in [1.54, 1.807) is 0 Å². The van der Waals surface area contributed by atoms with E-state index in [9.17, 15) is 0 Å². The predicted molar refractivity (Wildman–Crippen MR) is 77.8 cm³/mol. The van der Waals surface area contributed by atoms with Gasteiger partial charge in [-0.1, -0.05) is 19.8 Å². The van der Waals surface area contributed by atoms with Crippen molar-refractivity contribution < 1.29 is 0 Å². The molecule has 2 unspecified atom stereocenters. The van der Waals surface area contributed by atoms with Crippen molar-refractivity contribution in [2.45, 2.75) is 50.8 Å². The number of thioether (sulfide) groups is 1. The summed E-state index contributed by atoms with van der Waals surface area (Å²) in [5, 5.41) is 4.24. The van der Waals surface area contributed by atoms with E-state index in [1.807, 2.05) is 0 Å². The number of rotatable bonds is 4. The third kappa shape index (κ3) is 3.18. The van der Waals surface area contributed by atoms with Crippen LogP contribution in [0.5, 0.6) is 0 Å². The summed E-state index contributed by atoms with van der Waals surface area (Å²) in [5.74, 6) is 1.32. The van der Waals surface area contributed by atoms with Gasteiger partial charge in [0.25, 0.3) is 0 Å². The van der Waals surface area contributed by atoms with Crippen LogP contribution in [0.15, 0.2) is 0 Å². The number of nitrogens with zero attached hydrogens (tertiary/aromatic N) is 1. The first-order valence-electron chi connectivity index (χ1n) is 7.17. The van der Waals surface area contributed by atoms with Crippen molar-refractivity contribution in [1.29, 1.82) is 0 Å². The minimum absolute atomic E-state index is 0.574. The van der Waals surface area contributed by atoms with E-state index in [-0.39, 0.29) is 0 Å². The Morgan fingerprint density at radius 1 is 1.29 bits per heavy atom. The van der Waals surface area contributed by atoms with E-state index in [2.05, 4.69) is 42.9 Å². The summed E-state index contributed by atoms with van der Waals surface area (Å²) in [6.07, 6.45) is 5.74. The highest BCUT2D eigenvalue weighted by atomic mass is 32.2. The molecule has 0 aromatic carbocycles. The maximum absolute atomic E-state index is 3.43. The Balaban J connectivity index is 1.97. The molecular formula is C14H28N2S. The molecule has 2 fully saturated rings. The zero-order valence-corrected chi connectivity index (χ0v) is 12.5. The highest BCUT2D eigenvalue weighted by Crippen LogP contribution is 2.39. The Hall–Kier alpha value is 0.270. The van der Waals surface area contributed by atoms with Crippen LogP contribution in [-0.2, 0) is 0 Å². The first-order chi connectivity index (χ1) is 8.17. The molecule has 0 bridgehead atoms. The van der Waals surface area contributed by atoms with Gasteiger partial charge in [-0.2, -0.15) is 11.8 Å². The summed E-state index contributed by atoms with van der Waals surface area (Å²) in [6.45, 7) is 8.62. The first-order valence-corrected chi connectivity index (χ1v) is 8.22. The molecule has 0 aromatic rings. The molecule has 2 nitrogen and oxygen atoms in total.